The molecule has 1 aromatic rings. The maximum Gasteiger partial charge on any atom is 0.118 e. The number of methoxy groups -OCH3 is 1. The van der Waals surface area contributed by atoms with Gasteiger partial charge in [-0.05, 0) is 17.5 Å². The van der Waals surface area contributed by atoms with Crippen LogP contribution < -0.4 is 0 Å². The molecule has 1 heteroatoms. The fraction of sp³-hybridized carbons (Fsp3) is 0.333. The molecular weight excluding hydrogens is 160 g/mol. The summed E-state index contributed by atoms with van der Waals surface area (Å²) in [6, 6.07) is 8.29. The summed E-state index contributed by atoms with van der Waals surface area (Å²) in [6.07, 6.45) is 0. The van der Waals surface area contributed by atoms with E-state index in [-0.39, 0.29) is 0 Å². The molecule has 0 fully saturated rings. The first kappa shape index (κ1) is 9.85. The third kappa shape index (κ3) is 2.35. The quantitative estimate of drug-likeness (QED) is 0.641. The lowest BCUT2D eigenvalue weighted by molar-refractivity contribution is 0.371. The molecular formula is C12H16O. The molecule has 0 saturated carbocycles. The van der Waals surface area contributed by atoms with E-state index in [1.165, 1.54) is 5.56 Å². The van der Waals surface area contributed by atoms with E-state index in [9.17, 15) is 0 Å². The van der Waals surface area contributed by atoms with Crippen LogP contribution in [-0.2, 0) is 4.74 Å². The highest BCUT2D eigenvalue weighted by Gasteiger charge is 2.02. The minimum atomic E-state index is 0.546. The van der Waals surface area contributed by atoms with Crippen LogP contribution in [-0.4, -0.2) is 7.11 Å². The van der Waals surface area contributed by atoms with Crippen LogP contribution in [0.3, 0.4) is 0 Å². The van der Waals surface area contributed by atoms with E-state index in [2.05, 4.69) is 32.6 Å². The largest absolute Gasteiger partial charge is 0.497 e. The Hall–Kier alpha value is -1.24. The lowest BCUT2D eigenvalue weighted by atomic mass is 10.0. The molecule has 0 saturated heterocycles. The van der Waals surface area contributed by atoms with Gasteiger partial charge in [-0.3, -0.25) is 0 Å². The van der Waals surface area contributed by atoms with Gasteiger partial charge in [-0.1, -0.05) is 38.6 Å². The summed E-state index contributed by atoms with van der Waals surface area (Å²) in [5.74, 6) is 1.27. The summed E-state index contributed by atoms with van der Waals surface area (Å²) in [7, 11) is 1.64. The first-order valence-corrected chi connectivity index (χ1v) is 4.48. The van der Waals surface area contributed by atoms with E-state index in [0.717, 1.165) is 11.3 Å². The Labute approximate surface area is 80.0 Å². The van der Waals surface area contributed by atoms with Gasteiger partial charge in [0.2, 0.25) is 0 Å². The topological polar surface area (TPSA) is 9.23 Å². The van der Waals surface area contributed by atoms with Crippen molar-refractivity contribution in [3.8, 4) is 0 Å². The molecule has 0 heterocycles. The van der Waals surface area contributed by atoms with Crippen molar-refractivity contribution in [2.24, 2.45) is 0 Å². The lowest BCUT2D eigenvalue weighted by Crippen LogP contribution is -1.90. The normalized spacial score (nSPS) is 10.2. The average Bonchev–Trinajstić information content (AvgIpc) is 2.17. The molecule has 13 heavy (non-hydrogen) atoms. The fourth-order valence-electron chi connectivity index (χ4n) is 1.19. The van der Waals surface area contributed by atoms with Crippen molar-refractivity contribution >= 4 is 5.76 Å². The summed E-state index contributed by atoms with van der Waals surface area (Å²) in [6.45, 7) is 8.17. The minimum absolute atomic E-state index is 0.546. The van der Waals surface area contributed by atoms with Gasteiger partial charge in [0.1, 0.15) is 5.76 Å². The van der Waals surface area contributed by atoms with Crippen molar-refractivity contribution in [3.05, 3.63) is 42.0 Å². The highest BCUT2D eigenvalue weighted by Crippen LogP contribution is 2.19. The summed E-state index contributed by atoms with van der Waals surface area (Å²) in [5.41, 5.74) is 2.38. The van der Waals surface area contributed by atoms with Gasteiger partial charge < -0.3 is 4.74 Å². The van der Waals surface area contributed by atoms with Gasteiger partial charge in [0.05, 0.1) is 7.11 Å². The third-order valence-electron chi connectivity index (χ3n) is 2.12. The van der Waals surface area contributed by atoms with Crippen molar-refractivity contribution < 1.29 is 4.74 Å². The van der Waals surface area contributed by atoms with Crippen LogP contribution in [0, 0.1) is 0 Å². The number of hydrogen-bond acceptors (Lipinski definition) is 1. The predicted molar refractivity (Wildman–Crippen MR) is 56.6 cm³/mol. The first-order chi connectivity index (χ1) is 6.15. The molecule has 0 N–H and O–H groups in total. The van der Waals surface area contributed by atoms with E-state index in [0.29, 0.717) is 5.92 Å². The molecule has 0 atom stereocenters. The van der Waals surface area contributed by atoms with Gasteiger partial charge in [-0.15, -0.1) is 0 Å². The Morgan fingerprint density at radius 1 is 1.38 bits per heavy atom. The lowest BCUT2D eigenvalue weighted by Gasteiger charge is -2.08. The van der Waals surface area contributed by atoms with Crippen molar-refractivity contribution in [3.63, 3.8) is 0 Å². The highest BCUT2D eigenvalue weighted by atomic mass is 16.5. The molecule has 1 aromatic carbocycles. The smallest absolute Gasteiger partial charge is 0.118 e. The number of hydrogen-bond donors (Lipinski definition) is 0. The Kier molecular flexibility index (Phi) is 3.13. The van der Waals surface area contributed by atoms with E-state index in [1.807, 2.05) is 12.1 Å². The zero-order chi connectivity index (χ0) is 9.84. The zero-order valence-corrected chi connectivity index (χ0v) is 8.50. The second-order valence-corrected chi connectivity index (χ2v) is 3.41. The molecule has 0 aliphatic carbocycles. The Bertz CT molecular complexity index is 300. The summed E-state index contributed by atoms with van der Waals surface area (Å²) < 4.78 is 5.08. The summed E-state index contributed by atoms with van der Waals surface area (Å²) >= 11 is 0. The van der Waals surface area contributed by atoms with Crippen LogP contribution in [0.1, 0.15) is 30.9 Å². The highest BCUT2D eigenvalue weighted by molar-refractivity contribution is 5.58. The van der Waals surface area contributed by atoms with E-state index in [1.54, 1.807) is 7.11 Å². The van der Waals surface area contributed by atoms with Gasteiger partial charge in [-0.25, -0.2) is 0 Å². The van der Waals surface area contributed by atoms with E-state index in [4.69, 9.17) is 4.74 Å². The predicted octanol–water partition coefficient (Wildman–Crippen LogP) is 3.43. The van der Waals surface area contributed by atoms with Crippen molar-refractivity contribution in [2.75, 3.05) is 7.11 Å². The average molecular weight is 176 g/mol. The molecule has 0 amide bonds. The van der Waals surface area contributed by atoms with Crippen LogP contribution in [0.15, 0.2) is 30.8 Å². The van der Waals surface area contributed by atoms with E-state index >= 15 is 0 Å². The Morgan fingerprint density at radius 3 is 2.62 bits per heavy atom. The van der Waals surface area contributed by atoms with Gasteiger partial charge in [0.15, 0.2) is 0 Å². The molecule has 0 unspecified atom stereocenters. The maximum atomic E-state index is 5.08. The third-order valence-corrected chi connectivity index (χ3v) is 2.12. The number of benzene rings is 1. The van der Waals surface area contributed by atoms with Gasteiger partial charge in [0.25, 0.3) is 0 Å². The fourth-order valence-corrected chi connectivity index (χ4v) is 1.19. The standard InChI is InChI=1S/C12H16O/c1-9(2)11-6-5-7-12(8-11)10(3)13-4/h5-9H,3H2,1-2,4H3. The molecule has 70 valence electrons. The second-order valence-electron chi connectivity index (χ2n) is 3.41. The SMILES string of the molecule is C=C(OC)c1cccc(C(C)C)c1. The van der Waals surface area contributed by atoms with E-state index < -0.39 is 0 Å². The van der Waals surface area contributed by atoms with Crippen molar-refractivity contribution in [1.82, 2.24) is 0 Å². The first-order valence-electron chi connectivity index (χ1n) is 4.48. The molecule has 0 aliphatic heterocycles. The van der Waals surface area contributed by atoms with Crippen molar-refractivity contribution in [1.29, 1.82) is 0 Å². The van der Waals surface area contributed by atoms with Crippen LogP contribution in [0.5, 0.6) is 0 Å². The van der Waals surface area contributed by atoms with Gasteiger partial charge in [-0.2, -0.15) is 0 Å². The summed E-state index contributed by atoms with van der Waals surface area (Å²) in [4.78, 5) is 0. The van der Waals surface area contributed by atoms with Crippen molar-refractivity contribution in [2.45, 2.75) is 19.8 Å². The van der Waals surface area contributed by atoms with Crippen LogP contribution in [0.2, 0.25) is 0 Å². The van der Waals surface area contributed by atoms with Crippen LogP contribution in [0.4, 0.5) is 0 Å². The molecule has 0 spiro atoms. The molecule has 1 rings (SSSR count). The minimum Gasteiger partial charge on any atom is -0.497 e. The second kappa shape index (κ2) is 4.13. The zero-order valence-electron chi connectivity index (χ0n) is 8.50. The molecule has 0 bridgehead atoms. The number of ether oxygens (including phenoxy) is 1. The summed E-state index contributed by atoms with van der Waals surface area (Å²) in [5, 5.41) is 0. The molecule has 0 aromatic heterocycles. The Morgan fingerprint density at radius 2 is 2.08 bits per heavy atom. The van der Waals surface area contributed by atoms with Crippen LogP contribution in [0.25, 0.3) is 5.76 Å². The number of rotatable bonds is 3. The van der Waals surface area contributed by atoms with Gasteiger partial charge >= 0.3 is 0 Å². The molecule has 0 radical (unpaired) electrons. The molecule has 1 nitrogen and oxygen atoms in total. The van der Waals surface area contributed by atoms with Gasteiger partial charge in [0, 0.05) is 5.56 Å². The molecule has 0 aliphatic rings. The Balaban J connectivity index is 2.98. The van der Waals surface area contributed by atoms with Crippen LogP contribution >= 0.6 is 0 Å². The monoisotopic (exact) mass is 176 g/mol. The maximum absolute atomic E-state index is 5.08.